The Labute approximate surface area is 119 Å². The van der Waals surface area contributed by atoms with E-state index in [0.29, 0.717) is 17.0 Å². The molecule has 2 aromatic heterocycles. The standard InChI is InChI=1S/C14H14F2N4O/c1-6-11(8(3)21-19-6)7(2)20-13-10(18-14(20)17)5-4-9(15)12(13)16/h4-5,7H,1-3H3,(H2,17,18). The minimum absolute atomic E-state index is 0.0417. The minimum Gasteiger partial charge on any atom is -0.369 e. The lowest BCUT2D eigenvalue weighted by atomic mass is 10.1. The largest absolute Gasteiger partial charge is 0.369 e. The molecule has 0 amide bonds. The number of rotatable bonds is 2. The summed E-state index contributed by atoms with van der Waals surface area (Å²) in [4.78, 5) is 4.09. The number of nitrogen functional groups attached to an aromatic ring is 1. The number of halogens is 2. The first-order chi connectivity index (χ1) is 9.91. The van der Waals surface area contributed by atoms with E-state index in [1.54, 1.807) is 13.8 Å². The van der Waals surface area contributed by atoms with Crippen molar-refractivity contribution in [3.8, 4) is 0 Å². The van der Waals surface area contributed by atoms with E-state index in [9.17, 15) is 8.78 Å². The maximum Gasteiger partial charge on any atom is 0.201 e. The van der Waals surface area contributed by atoms with Crippen LogP contribution in [0.1, 0.15) is 30.0 Å². The number of hydrogen-bond acceptors (Lipinski definition) is 4. The molecule has 0 spiro atoms. The molecule has 3 aromatic rings. The van der Waals surface area contributed by atoms with Gasteiger partial charge in [0.25, 0.3) is 0 Å². The van der Waals surface area contributed by atoms with Crippen LogP contribution in [0.15, 0.2) is 16.7 Å². The molecule has 0 fully saturated rings. The number of nitrogens with zero attached hydrogens (tertiary/aromatic N) is 3. The molecule has 0 saturated heterocycles. The van der Waals surface area contributed by atoms with E-state index in [0.717, 1.165) is 11.6 Å². The number of benzene rings is 1. The Hall–Kier alpha value is -2.44. The summed E-state index contributed by atoms with van der Waals surface area (Å²) in [6.07, 6.45) is 0. The number of aromatic nitrogens is 3. The predicted molar refractivity (Wildman–Crippen MR) is 73.9 cm³/mol. The van der Waals surface area contributed by atoms with Gasteiger partial charge in [-0.1, -0.05) is 5.16 Å². The maximum atomic E-state index is 14.1. The summed E-state index contributed by atoms with van der Waals surface area (Å²) in [5.74, 6) is -1.18. The van der Waals surface area contributed by atoms with E-state index in [1.807, 2.05) is 6.92 Å². The van der Waals surface area contributed by atoms with Gasteiger partial charge in [0.05, 0.1) is 17.3 Å². The second-order valence-electron chi connectivity index (χ2n) is 4.98. The fraction of sp³-hybridized carbons (Fsp3) is 0.286. The molecule has 0 aliphatic carbocycles. The summed E-state index contributed by atoms with van der Waals surface area (Å²) in [6, 6.07) is 2.06. The first-order valence-electron chi connectivity index (χ1n) is 6.46. The molecule has 2 heterocycles. The van der Waals surface area contributed by atoms with Crippen molar-refractivity contribution in [3.63, 3.8) is 0 Å². The molecule has 110 valence electrons. The van der Waals surface area contributed by atoms with Crippen LogP contribution in [0, 0.1) is 25.5 Å². The fourth-order valence-corrected chi connectivity index (χ4v) is 2.75. The Kier molecular flexibility index (Phi) is 2.93. The lowest BCUT2D eigenvalue weighted by Gasteiger charge is -2.16. The summed E-state index contributed by atoms with van der Waals surface area (Å²) in [7, 11) is 0. The van der Waals surface area contributed by atoms with Gasteiger partial charge in [-0.3, -0.25) is 0 Å². The van der Waals surface area contributed by atoms with E-state index in [2.05, 4.69) is 10.1 Å². The molecule has 21 heavy (non-hydrogen) atoms. The molecule has 0 saturated carbocycles. The molecular formula is C14H14F2N4O. The zero-order valence-electron chi connectivity index (χ0n) is 11.8. The quantitative estimate of drug-likeness (QED) is 0.788. The van der Waals surface area contributed by atoms with Crippen LogP contribution in [-0.2, 0) is 0 Å². The van der Waals surface area contributed by atoms with Crippen molar-refractivity contribution in [1.29, 1.82) is 0 Å². The van der Waals surface area contributed by atoms with Gasteiger partial charge in [0, 0.05) is 5.56 Å². The fourth-order valence-electron chi connectivity index (χ4n) is 2.75. The third-order valence-corrected chi connectivity index (χ3v) is 3.66. The number of imidazole rings is 1. The summed E-state index contributed by atoms with van der Waals surface area (Å²) in [5.41, 5.74) is 7.70. The second kappa shape index (κ2) is 4.54. The number of aryl methyl sites for hydroxylation is 2. The van der Waals surface area contributed by atoms with Gasteiger partial charge < -0.3 is 14.8 Å². The first kappa shape index (κ1) is 13.5. The smallest absolute Gasteiger partial charge is 0.201 e. The molecule has 0 bridgehead atoms. The molecule has 1 aromatic carbocycles. The maximum absolute atomic E-state index is 14.1. The summed E-state index contributed by atoms with van der Waals surface area (Å²) >= 11 is 0. The molecule has 1 unspecified atom stereocenters. The van der Waals surface area contributed by atoms with Crippen LogP contribution in [0.4, 0.5) is 14.7 Å². The highest BCUT2D eigenvalue weighted by atomic mass is 19.2. The summed E-state index contributed by atoms with van der Waals surface area (Å²) in [5, 5.41) is 3.88. The first-order valence-corrected chi connectivity index (χ1v) is 6.46. The highest BCUT2D eigenvalue weighted by molar-refractivity contribution is 5.79. The van der Waals surface area contributed by atoms with Crippen LogP contribution in [0.25, 0.3) is 11.0 Å². The van der Waals surface area contributed by atoms with Gasteiger partial charge in [-0.15, -0.1) is 0 Å². The molecule has 5 nitrogen and oxygen atoms in total. The molecule has 0 radical (unpaired) electrons. The highest BCUT2D eigenvalue weighted by Crippen LogP contribution is 2.32. The van der Waals surface area contributed by atoms with Gasteiger partial charge in [0.2, 0.25) is 5.95 Å². The second-order valence-corrected chi connectivity index (χ2v) is 4.98. The Morgan fingerprint density at radius 2 is 2.00 bits per heavy atom. The zero-order valence-corrected chi connectivity index (χ0v) is 11.8. The number of hydrogen-bond donors (Lipinski definition) is 1. The van der Waals surface area contributed by atoms with Crippen molar-refractivity contribution >= 4 is 17.0 Å². The van der Waals surface area contributed by atoms with Crippen LogP contribution in [0.5, 0.6) is 0 Å². The predicted octanol–water partition coefficient (Wildman–Crippen LogP) is 3.11. The van der Waals surface area contributed by atoms with Gasteiger partial charge in [-0.25, -0.2) is 13.8 Å². The minimum atomic E-state index is -0.963. The Morgan fingerprint density at radius 1 is 1.29 bits per heavy atom. The van der Waals surface area contributed by atoms with E-state index in [1.165, 1.54) is 10.6 Å². The normalized spacial score (nSPS) is 13.0. The van der Waals surface area contributed by atoms with Gasteiger partial charge in [0.1, 0.15) is 11.3 Å². The average molecular weight is 292 g/mol. The SMILES string of the molecule is Cc1noc(C)c1C(C)n1c(N)nc2ccc(F)c(F)c21. The molecule has 2 N–H and O–H groups in total. The summed E-state index contributed by atoms with van der Waals surface area (Å²) in [6.45, 7) is 5.36. The van der Waals surface area contributed by atoms with Crippen LogP contribution in [-0.4, -0.2) is 14.7 Å². The van der Waals surface area contributed by atoms with Crippen molar-refractivity contribution in [2.24, 2.45) is 0 Å². The lowest BCUT2D eigenvalue weighted by Crippen LogP contribution is -2.12. The average Bonchev–Trinajstić information content (AvgIpc) is 2.94. The van der Waals surface area contributed by atoms with E-state index < -0.39 is 11.6 Å². The third kappa shape index (κ3) is 1.88. The van der Waals surface area contributed by atoms with Gasteiger partial charge >= 0.3 is 0 Å². The summed E-state index contributed by atoms with van der Waals surface area (Å²) < 4.78 is 34.2. The molecule has 0 aliphatic heterocycles. The topological polar surface area (TPSA) is 69.9 Å². The molecular weight excluding hydrogens is 278 g/mol. The van der Waals surface area contributed by atoms with Crippen molar-refractivity contribution < 1.29 is 13.3 Å². The Bertz CT molecular complexity index is 818. The van der Waals surface area contributed by atoms with Crippen molar-refractivity contribution in [3.05, 3.63) is 40.8 Å². The van der Waals surface area contributed by atoms with Gasteiger partial charge in [-0.05, 0) is 32.9 Å². The van der Waals surface area contributed by atoms with E-state index in [4.69, 9.17) is 10.3 Å². The molecule has 0 aliphatic rings. The molecule has 7 heteroatoms. The number of fused-ring (bicyclic) bond motifs is 1. The van der Waals surface area contributed by atoms with Crippen LogP contribution >= 0.6 is 0 Å². The Balaban J connectivity index is 2.30. The third-order valence-electron chi connectivity index (χ3n) is 3.66. The van der Waals surface area contributed by atoms with Crippen LogP contribution in [0.3, 0.4) is 0 Å². The van der Waals surface area contributed by atoms with Crippen LogP contribution in [0.2, 0.25) is 0 Å². The zero-order chi connectivity index (χ0) is 15.3. The lowest BCUT2D eigenvalue weighted by molar-refractivity contribution is 0.391. The number of anilines is 1. The molecule has 1 atom stereocenters. The van der Waals surface area contributed by atoms with Gasteiger partial charge in [-0.2, -0.15) is 0 Å². The van der Waals surface area contributed by atoms with Gasteiger partial charge in [0.15, 0.2) is 11.6 Å². The van der Waals surface area contributed by atoms with Crippen molar-refractivity contribution in [2.75, 3.05) is 5.73 Å². The monoisotopic (exact) mass is 292 g/mol. The van der Waals surface area contributed by atoms with Crippen molar-refractivity contribution in [2.45, 2.75) is 26.8 Å². The number of nitrogens with two attached hydrogens (primary N) is 1. The molecule has 3 rings (SSSR count). The Morgan fingerprint density at radius 3 is 2.62 bits per heavy atom. The van der Waals surface area contributed by atoms with E-state index in [-0.39, 0.29) is 17.5 Å². The van der Waals surface area contributed by atoms with Crippen molar-refractivity contribution in [1.82, 2.24) is 14.7 Å². The van der Waals surface area contributed by atoms with E-state index >= 15 is 0 Å². The van der Waals surface area contributed by atoms with Crippen LogP contribution < -0.4 is 5.73 Å². The highest BCUT2D eigenvalue weighted by Gasteiger charge is 2.24.